The first-order valence-corrected chi connectivity index (χ1v) is 17.2. The molecule has 0 saturated heterocycles. The first kappa shape index (κ1) is 15.8. The summed E-state index contributed by atoms with van der Waals surface area (Å²) >= 11 is -1.77. The van der Waals surface area contributed by atoms with Gasteiger partial charge in [0.25, 0.3) is 0 Å². The summed E-state index contributed by atoms with van der Waals surface area (Å²) in [6.07, 6.45) is 8.26. The molecule has 0 nitrogen and oxygen atoms in total. The molecule has 0 saturated carbocycles. The summed E-state index contributed by atoms with van der Waals surface area (Å²) in [5.41, 5.74) is 5.47. The molecule has 1 unspecified atom stereocenters. The summed E-state index contributed by atoms with van der Waals surface area (Å²) in [4.78, 5) is 0. The minimum absolute atomic E-state index is 0.510. The average molecular weight is 312 g/mol. The molecule has 0 N–H and O–H groups in total. The molecule has 2 aliphatic rings. The van der Waals surface area contributed by atoms with E-state index in [1.165, 1.54) is 31.7 Å². The summed E-state index contributed by atoms with van der Waals surface area (Å²) in [6, 6.07) is 1.42. The molecule has 2 heteroatoms. The normalized spacial score (nSPS) is 28.5. The van der Waals surface area contributed by atoms with Gasteiger partial charge in [-0.05, 0) is 0 Å². The van der Waals surface area contributed by atoms with E-state index >= 15 is 0 Å². The molecule has 0 heterocycles. The van der Waals surface area contributed by atoms with Crippen LogP contribution in [-0.2, 0) is 16.6 Å². The van der Waals surface area contributed by atoms with E-state index in [-0.39, 0.29) is 0 Å². The second-order valence-electron chi connectivity index (χ2n) is 8.99. The summed E-state index contributed by atoms with van der Waals surface area (Å²) in [7, 11) is -1.02. The maximum absolute atomic E-state index is 2.66. The second kappa shape index (κ2) is 5.00. The van der Waals surface area contributed by atoms with E-state index < -0.39 is 24.7 Å². The molecule has 0 amide bonds. The molecule has 2 aliphatic carbocycles. The van der Waals surface area contributed by atoms with Crippen LogP contribution in [0.2, 0.25) is 45.1 Å². The molecule has 108 valence electrons. The molecule has 19 heavy (non-hydrogen) atoms. The van der Waals surface area contributed by atoms with Crippen LogP contribution >= 0.6 is 0 Å². The van der Waals surface area contributed by atoms with E-state index in [0.29, 0.717) is 3.72 Å². The third-order valence-corrected chi connectivity index (χ3v) is 12.4. The van der Waals surface area contributed by atoms with E-state index in [2.05, 4.69) is 48.3 Å². The number of rotatable bonds is 3. The van der Waals surface area contributed by atoms with Crippen LogP contribution in [0.15, 0.2) is 22.8 Å². The van der Waals surface area contributed by atoms with Crippen LogP contribution in [0.25, 0.3) is 0 Å². The van der Waals surface area contributed by atoms with E-state index in [1.807, 2.05) is 11.1 Å². The van der Waals surface area contributed by atoms with Crippen molar-refractivity contribution in [3.8, 4) is 0 Å². The van der Waals surface area contributed by atoms with Crippen LogP contribution < -0.4 is 0 Å². The van der Waals surface area contributed by atoms with Gasteiger partial charge in [0.1, 0.15) is 0 Å². The third-order valence-electron chi connectivity index (χ3n) is 5.33. The van der Waals surface area contributed by atoms with Crippen LogP contribution in [0.3, 0.4) is 0 Å². The Morgan fingerprint density at radius 2 is 1.68 bits per heavy atom. The fourth-order valence-corrected chi connectivity index (χ4v) is 9.43. The molecule has 0 aliphatic heterocycles. The Bertz CT molecular complexity index is 431. The van der Waals surface area contributed by atoms with Crippen LogP contribution in [0.5, 0.6) is 0 Å². The quantitative estimate of drug-likeness (QED) is 0.514. The van der Waals surface area contributed by atoms with Gasteiger partial charge in [0.2, 0.25) is 0 Å². The van der Waals surface area contributed by atoms with Crippen LogP contribution in [0, 0.1) is 0 Å². The molecular formula is C17H32SiTi. The predicted octanol–water partition coefficient (Wildman–Crippen LogP) is 6.61. The zero-order valence-corrected chi connectivity index (χ0v) is 16.7. The summed E-state index contributed by atoms with van der Waals surface area (Å²) in [5.74, 6) is 0. The van der Waals surface area contributed by atoms with Crippen molar-refractivity contribution in [1.29, 1.82) is 0 Å². The van der Waals surface area contributed by atoms with Gasteiger partial charge >= 0.3 is 125 Å². The SMILES string of the molecule is C[C]1([Ti]([CH3])([CH3])[CH3])C(C[Si](C)(C)C)=CC2=C1CCCC2. The van der Waals surface area contributed by atoms with Gasteiger partial charge in [-0.25, -0.2) is 0 Å². The Balaban J connectivity index is 2.44. The van der Waals surface area contributed by atoms with Crippen LogP contribution in [0.1, 0.15) is 32.6 Å². The Kier molecular flexibility index (Phi) is 4.16. The van der Waals surface area contributed by atoms with Crippen molar-refractivity contribution < 1.29 is 16.6 Å². The van der Waals surface area contributed by atoms with Gasteiger partial charge in [0.05, 0.1) is 0 Å². The van der Waals surface area contributed by atoms with Gasteiger partial charge < -0.3 is 0 Å². The standard InChI is InChI=1S/C14H23Si.3CH3.Ti/c1-11-13(10-15(2,3)4)9-12-7-5-6-8-14(11)12;;;;/h9H,5-8,10H2,1-4H3;3*1H3;. The van der Waals surface area contributed by atoms with Crippen molar-refractivity contribution >= 4 is 8.07 Å². The molecule has 1 atom stereocenters. The van der Waals surface area contributed by atoms with E-state index in [4.69, 9.17) is 0 Å². The Labute approximate surface area is 125 Å². The molecular weight excluding hydrogens is 280 g/mol. The predicted molar refractivity (Wildman–Crippen MR) is 87.7 cm³/mol. The summed E-state index contributed by atoms with van der Waals surface area (Å²) in [5, 5.41) is 7.88. The molecule has 0 bridgehead atoms. The van der Waals surface area contributed by atoms with Crippen LogP contribution in [0.4, 0.5) is 0 Å². The van der Waals surface area contributed by atoms with E-state index in [9.17, 15) is 0 Å². The monoisotopic (exact) mass is 312 g/mol. The van der Waals surface area contributed by atoms with Crippen molar-refractivity contribution in [3.63, 3.8) is 0 Å². The van der Waals surface area contributed by atoms with Crippen LogP contribution in [-0.4, -0.2) is 8.07 Å². The van der Waals surface area contributed by atoms with Gasteiger partial charge in [-0.2, -0.15) is 0 Å². The number of allylic oxidation sites excluding steroid dienone is 4. The van der Waals surface area contributed by atoms with Crippen molar-refractivity contribution in [2.75, 3.05) is 0 Å². The molecule has 0 spiro atoms. The van der Waals surface area contributed by atoms with Crippen molar-refractivity contribution in [1.82, 2.24) is 0 Å². The van der Waals surface area contributed by atoms with Gasteiger partial charge in [-0.15, -0.1) is 0 Å². The maximum atomic E-state index is 2.66. The van der Waals surface area contributed by atoms with Gasteiger partial charge in [0.15, 0.2) is 0 Å². The zero-order chi connectivity index (χ0) is 14.5. The Hall–Kier alpha value is 0.411. The van der Waals surface area contributed by atoms with E-state index in [1.54, 1.807) is 5.57 Å². The van der Waals surface area contributed by atoms with Gasteiger partial charge in [0, 0.05) is 0 Å². The summed E-state index contributed by atoms with van der Waals surface area (Å²) < 4.78 is 0.510. The first-order valence-electron chi connectivity index (χ1n) is 7.99. The van der Waals surface area contributed by atoms with Crippen molar-refractivity contribution in [2.24, 2.45) is 0 Å². The number of hydrogen-bond acceptors (Lipinski definition) is 0. The molecule has 0 aromatic rings. The zero-order valence-electron chi connectivity index (χ0n) is 14.1. The molecule has 0 fully saturated rings. The van der Waals surface area contributed by atoms with Crippen molar-refractivity contribution in [2.45, 2.75) is 77.7 Å². The third kappa shape index (κ3) is 2.89. The summed E-state index contributed by atoms with van der Waals surface area (Å²) in [6.45, 7) is 10.2. The molecule has 2 rings (SSSR count). The van der Waals surface area contributed by atoms with Gasteiger partial charge in [-0.3, -0.25) is 0 Å². The Morgan fingerprint density at radius 1 is 1.11 bits per heavy atom. The molecule has 0 radical (unpaired) electrons. The fraction of sp³-hybridized carbons (Fsp3) is 0.765. The Morgan fingerprint density at radius 3 is 2.21 bits per heavy atom. The topological polar surface area (TPSA) is 0 Å². The fourth-order valence-electron chi connectivity index (χ4n) is 3.94. The second-order valence-corrected chi connectivity index (χ2v) is 23.1. The van der Waals surface area contributed by atoms with Gasteiger partial charge in [-0.1, -0.05) is 0 Å². The first-order chi connectivity index (χ1) is 8.56. The van der Waals surface area contributed by atoms with Crippen molar-refractivity contribution in [3.05, 3.63) is 22.8 Å². The minimum atomic E-state index is -1.77. The molecule has 0 aromatic carbocycles. The van der Waals surface area contributed by atoms with E-state index in [0.717, 1.165) is 0 Å². The number of hydrogen-bond donors (Lipinski definition) is 0. The average Bonchev–Trinajstić information content (AvgIpc) is 2.51. The molecule has 0 aromatic heterocycles.